The van der Waals surface area contributed by atoms with E-state index >= 15 is 0 Å². The minimum Gasteiger partial charge on any atom is -0.465 e. The molecular formula is C40H28Cl2O2SiZr. The Balaban J connectivity index is 0.00000338. The first-order valence-electron chi connectivity index (χ1n) is 15.0. The Labute approximate surface area is 300 Å². The summed E-state index contributed by atoms with van der Waals surface area (Å²) in [7, 11) is -0.00885. The molecule has 2 nitrogen and oxygen atoms in total. The van der Waals surface area contributed by atoms with E-state index in [0.717, 1.165) is 78.3 Å². The summed E-state index contributed by atoms with van der Waals surface area (Å²) in [6.07, 6.45) is 3.42. The van der Waals surface area contributed by atoms with E-state index in [0.29, 0.717) is 0 Å². The van der Waals surface area contributed by atoms with Gasteiger partial charge in [0.15, 0.2) is 0 Å². The number of furan rings is 2. The van der Waals surface area contributed by atoms with Gasteiger partial charge in [0.05, 0.1) is 21.5 Å². The van der Waals surface area contributed by atoms with Crippen LogP contribution >= 0.6 is 23.2 Å². The predicted molar refractivity (Wildman–Crippen MR) is 187 cm³/mol. The van der Waals surface area contributed by atoms with Gasteiger partial charge in [0.2, 0.25) is 0 Å². The van der Waals surface area contributed by atoms with Crippen molar-refractivity contribution in [3.05, 3.63) is 168 Å². The Hall–Kier alpha value is -3.40. The molecule has 2 aliphatic rings. The maximum absolute atomic E-state index is 8.14. The summed E-state index contributed by atoms with van der Waals surface area (Å²) in [5, 5.41) is 0. The summed E-state index contributed by atoms with van der Waals surface area (Å²) in [6.45, 7) is 4.31. The van der Waals surface area contributed by atoms with Crippen molar-refractivity contribution in [3.63, 3.8) is 0 Å². The Morgan fingerprint density at radius 2 is 0.913 bits per heavy atom. The van der Waals surface area contributed by atoms with Crippen LogP contribution in [0.2, 0.25) is 0 Å². The molecule has 222 valence electrons. The second kappa shape index (κ2) is 12.0. The maximum Gasteiger partial charge on any atom is 0.131 e. The molecule has 4 aromatic carbocycles. The van der Waals surface area contributed by atoms with Crippen LogP contribution in [0, 0.1) is 0 Å². The average molecular weight is 731 g/mol. The fraction of sp³-hybridized carbons (Fsp3) is 0.100. The average Bonchev–Trinajstić information content (AvgIpc) is 3.86. The molecule has 2 aromatic heterocycles. The third kappa shape index (κ3) is 4.68. The van der Waals surface area contributed by atoms with Crippen molar-refractivity contribution in [1.29, 1.82) is 0 Å². The van der Waals surface area contributed by atoms with Crippen LogP contribution in [0.4, 0.5) is 0 Å². The van der Waals surface area contributed by atoms with Crippen LogP contribution in [-0.2, 0) is 35.2 Å². The van der Waals surface area contributed by atoms with Gasteiger partial charge in [-0.05, 0) is 93.8 Å². The molecular weight excluding hydrogens is 703 g/mol. The Morgan fingerprint density at radius 1 is 0.500 bits per heavy atom. The van der Waals surface area contributed by atoms with E-state index in [1.54, 1.807) is 12.5 Å². The molecule has 6 aromatic rings. The Kier molecular flexibility index (Phi) is 8.14. The Morgan fingerprint density at radius 3 is 1.28 bits per heavy atom. The summed E-state index contributed by atoms with van der Waals surface area (Å²) in [5.74, 6) is 1.50. The topological polar surface area (TPSA) is 26.3 Å². The fourth-order valence-electron chi connectivity index (χ4n) is 7.29. The zero-order valence-electron chi connectivity index (χ0n) is 25.3. The molecule has 0 spiro atoms. The largest absolute Gasteiger partial charge is 0.465 e. The van der Waals surface area contributed by atoms with Gasteiger partial charge in [-0.2, -0.15) is 0 Å². The molecule has 2 unspecified atom stereocenters. The molecule has 46 heavy (non-hydrogen) atoms. The first-order valence-corrected chi connectivity index (χ1v) is 16.7. The van der Waals surface area contributed by atoms with Crippen LogP contribution in [0.1, 0.15) is 47.6 Å². The van der Waals surface area contributed by atoms with Crippen molar-refractivity contribution < 1.29 is 35.0 Å². The van der Waals surface area contributed by atoms with Crippen LogP contribution in [0.25, 0.3) is 44.5 Å². The van der Waals surface area contributed by atoms with Crippen molar-refractivity contribution in [2.45, 2.75) is 22.8 Å². The van der Waals surface area contributed by atoms with E-state index in [2.05, 4.69) is 98.8 Å². The third-order valence-corrected chi connectivity index (χ3v) is 12.2. The van der Waals surface area contributed by atoms with Crippen molar-refractivity contribution in [2.24, 2.45) is 0 Å². The van der Waals surface area contributed by atoms with Crippen molar-refractivity contribution in [1.82, 2.24) is 0 Å². The standard InChI is InChI=1S/C40H28Cl2O2Si.Zr/c1-25-35-29(27-13-5-3-6-14-27)17-9-19-31(35)39(41,37(25)33-21-11-23-43-33)45-40(42)32-20-10-18-30(28-15-7-4-8-16-28)36(32)26(2)38(40)34-22-12-24-44-34;/h3-24H,1-2H3;. The quantitative estimate of drug-likeness (QED) is 0.126. The molecule has 2 aliphatic carbocycles. The number of rotatable bonds is 6. The van der Waals surface area contributed by atoms with Gasteiger partial charge in [-0.3, -0.25) is 0 Å². The summed E-state index contributed by atoms with van der Waals surface area (Å²) in [4.78, 5) is 0. The second-order valence-electron chi connectivity index (χ2n) is 11.6. The van der Waals surface area contributed by atoms with E-state index in [1.165, 1.54) is 0 Å². The van der Waals surface area contributed by atoms with Gasteiger partial charge >= 0.3 is 0 Å². The monoisotopic (exact) mass is 728 g/mol. The molecule has 2 atom stereocenters. The maximum atomic E-state index is 8.14. The van der Waals surface area contributed by atoms with E-state index in [-0.39, 0.29) is 35.7 Å². The van der Waals surface area contributed by atoms with Gasteiger partial charge in [0.25, 0.3) is 0 Å². The van der Waals surface area contributed by atoms with Crippen LogP contribution in [-0.4, -0.2) is 9.52 Å². The summed E-state index contributed by atoms with van der Waals surface area (Å²) in [6, 6.07) is 41.7. The summed E-state index contributed by atoms with van der Waals surface area (Å²) < 4.78 is 10.3. The molecule has 0 amide bonds. The normalized spacial score (nSPS) is 20.1. The molecule has 8 rings (SSSR count). The third-order valence-electron chi connectivity index (χ3n) is 9.11. The minimum absolute atomic E-state index is 0. The number of allylic oxidation sites excluding steroid dienone is 4. The van der Waals surface area contributed by atoms with Crippen molar-refractivity contribution in [2.75, 3.05) is 0 Å². The number of halogens is 2. The number of alkyl halides is 2. The number of benzene rings is 4. The minimum atomic E-state index is -0.980. The second-order valence-corrected chi connectivity index (χ2v) is 15.1. The van der Waals surface area contributed by atoms with E-state index in [9.17, 15) is 0 Å². The number of hydrogen-bond donors (Lipinski definition) is 0. The Bertz CT molecular complexity index is 1970. The molecule has 6 heteroatoms. The molecule has 0 N–H and O–H groups in total. The number of fused-ring (bicyclic) bond motifs is 2. The van der Waals surface area contributed by atoms with E-state index in [1.807, 2.05) is 36.4 Å². The van der Waals surface area contributed by atoms with Gasteiger partial charge in [0.1, 0.15) is 21.0 Å². The van der Waals surface area contributed by atoms with Crippen LogP contribution < -0.4 is 0 Å². The first-order chi connectivity index (χ1) is 21.9. The zero-order chi connectivity index (χ0) is 30.8. The van der Waals surface area contributed by atoms with Gasteiger partial charge in [-0.25, -0.2) is 0 Å². The molecule has 2 heterocycles. The summed E-state index contributed by atoms with van der Waals surface area (Å²) in [5.41, 5.74) is 13.0. The van der Waals surface area contributed by atoms with Crippen molar-refractivity contribution >= 4 is 55.0 Å². The van der Waals surface area contributed by atoms with E-state index < -0.39 is 8.99 Å². The first kappa shape index (κ1) is 31.2. The van der Waals surface area contributed by atoms with Gasteiger partial charge in [-0.15, -0.1) is 23.2 Å². The van der Waals surface area contributed by atoms with Crippen molar-refractivity contribution in [3.8, 4) is 22.3 Å². The SMILES string of the molecule is CC1=C(c2ccco2)C(Cl)([Si]C2(Cl)C(c3ccco3)=C(C)c3c(-c4ccccc4)cccc32)c2cccc(-c3ccccc3)c21.[Zr]. The smallest absolute Gasteiger partial charge is 0.131 e. The van der Waals surface area contributed by atoms with E-state index in [4.69, 9.17) is 32.0 Å². The predicted octanol–water partition coefficient (Wildman–Crippen LogP) is 11.3. The molecule has 2 radical (unpaired) electrons. The number of hydrogen-bond acceptors (Lipinski definition) is 2. The molecule has 0 bridgehead atoms. The zero-order valence-corrected chi connectivity index (χ0v) is 30.2. The summed E-state index contributed by atoms with van der Waals surface area (Å²) >= 11 is 16.3. The van der Waals surface area contributed by atoms with Gasteiger partial charge in [-0.1, -0.05) is 97.1 Å². The van der Waals surface area contributed by atoms with Crippen LogP contribution in [0.5, 0.6) is 0 Å². The van der Waals surface area contributed by atoms with Gasteiger partial charge in [0, 0.05) is 37.3 Å². The molecule has 0 saturated carbocycles. The molecule has 0 saturated heterocycles. The van der Waals surface area contributed by atoms with Gasteiger partial charge < -0.3 is 8.83 Å². The molecule has 0 fully saturated rings. The van der Waals surface area contributed by atoms with Crippen LogP contribution in [0.3, 0.4) is 0 Å². The molecule has 0 aliphatic heterocycles. The van der Waals surface area contributed by atoms with Crippen LogP contribution in [0.15, 0.2) is 143 Å². The fourth-order valence-corrected chi connectivity index (χ4v) is 11.1.